The van der Waals surface area contributed by atoms with Crippen LogP contribution in [0.4, 0.5) is 11.4 Å². The molecule has 46 heavy (non-hydrogen) atoms. The minimum Gasteiger partial charge on any atom is -0.465 e. The van der Waals surface area contributed by atoms with Crippen molar-refractivity contribution in [3.05, 3.63) is 151 Å². The third kappa shape index (κ3) is 6.72. The van der Waals surface area contributed by atoms with Crippen molar-refractivity contribution in [1.82, 2.24) is 0 Å². The van der Waals surface area contributed by atoms with Gasteiger partial charge in [-0.25, -0.2) is 0 Å². The fourth-order valence-electron chi connectivity index (χ4n) is 5.05. The van der Waals surface area contributed by atoms with Gasteiger partial charge in [-0.3, -0.25) is 20.2 Å². The van der Waals surface area contributed by atoms with Gasteiger partial charge < -0.3 is 19.1 Å². The highest BCUT2D eigenvalue weighted by Gasteiger charge is 2.37. The summed E-state index contributed by atoms with van der Waals surface area (Å²) >= 11 is 13.1. The Kier molecular flexibility index (Phi) is 9.99. The zero-order valence-electron chi connectivity index (χ0n) is 24.4. The van der Waals surface area contributed by atoms with Crippen LogP contribution in [-0.4, -0.2) is 35.9 Å². The first kappa shape index (κ1) is 32.2. The molecule has 0 fully saturated rings. The second kappa shape index (κ2) is 14.3. The van der Waals surface area contributed by atoms with E-state index in [2.05, 4.69) is 10.3 Å². The van der Waals surface area contributed by atoms with Gasteiger partial charge in [0.2, 0.25) is 0 Å². The van der Waals surface area contributed by atoms with E-state index in [4.69, 9.17) is 42.4 Å². The SMILES string of the molecule is CO/N=C1\O[C@H](c2ccccc2)[C@@H](Cl)c2ccc([N+](=O)[O-])cc21.CO/N=C1\O[C@H](c2ccccc2)[C@@H](Cl)c2ccc([N+](=O)[O-])cc21. The molecular formula is C32H26Cl2N4O8. The summed E-state index contributed by atoms with van der Waals surface area (Å²) in [5, 5.41) is 28.7. The molecule has 0 saturated heterocycles. The molecule has 6 rings (SSSR count). The van der Waals surface area contributed by atoms with Gasteiger partial charge in [-0.1, -0.05) is 60.7 Å². The molecule has 0 bridgehead atoms. The average molecular weight is 665 g/mol. The van der Waals surface area contributed by atoms with Gasteiger partial charge in [0.15, 0.2) is 0 Å². The van der Waals surface area contributed by atoms with E-state index in [-0.39, 0.29) is 23.2 Å². The van der Waals surface area contributed by atoms with Crippen LogP contribution in [0.25, 0.3) is 0 Å². The van der Waals surface area contributed by atoms with Crippen LogP contribution in [-0.2, 0) is 19.1 Å². The third-order valence-electron chi connectivity index (χ3n) is 7.16. The van der Waals surface area contributed by atoms with E-state index in [1.165, 1.54) is 38.5 Å². The minimum absolute atomic E-state index is 0.0572. The Morgan fingerprint density at radius 3 is 1.33 bits per heavy atom. The van der Waals surface area contributed by atoms with Gasteiger partial charge in [-0.2, -0.15) is 0 Å². The Morgan fingerprint density at radius 2 is 1.00 bits per heavy atom. The number of nitro groups is 2. The van der Waals surface area contributed by atoms with Crippen LogP contribution in [0, 0.1) is 20.2 Å². The van der Waals surface area contributed by atoms with E-state index in [9.17, 15) is 20.2 Å². The van der Waals surface area contributed by atoms with E-state index in [0.717, 1.165) is 11.1 Å². The Hall–Kier alpha value is -5.20. The third-order valence-corrected chi connectivity index (χ3v) is 8.09. The Bertz CT molecular complexity index is 1660. The molecule has 0 N–H and O–H groups in total. The molecule has 236 valence electrons. The molecular weight excluding hydrogens is 639 g/mol. The highest BCUT2D eigenvalue weighted by molar-refractivity contribution is 6.23. The number of non-ortho nitro benzene ring substituents is 2. The van der Waals surface area contributed by atoms with Crippen molar-refractivity contribution in [1.29, 1.82) is 0 Å². The van der Waals surface area contributed by atoms with Crippen LogP contribution >= 0.6 is 23.2 Å². The van der Waals surface area contributed by atoms with E-state index in [1.54, 1.807) is 12.1 Å². The number of ether oxygens (including phenoxy) is 2. The largest absolute Gasteiger partial charge is 0.465 e. The van der Waals surface area contributed by atoms with Crippen LogP contribution in [0.3, 0.4) is 0 Å². The lowest BCUT2D eigenvalue weighted by atomic mass is 9.93. The van der Waals surface area contributed by atoms with Gasteiger partial charge >= 0.3 is 0 Å². The van der Waals surface area contributed by atoms with E-state index in [0.29, 0.717) is 22.3 Å². The molecule has 4 aromatic rings. The summed E-state index contributed by atoms with van der Waals surface area (Å²) < 4.78 is 11.7. The van der Waals surface area contributed by atoms with E-state index < -0.39 is 32.8 Å². The normalized spacial score (nSPS) is 21.4. The zero-order chi connectivity index (χ0) is 32.8. The van der Waals surface area contributed by atoms with Gasteiger partial charge in [-0.15, -0.1) is 23.2 Å². The maximum atomic E-state index is 11.0. The average Bonchev–Trinajstić information content (AvgIpc) is 3.08. The van der Waals surface area contributed by atoms with Crippen LogP contribution in [0.15, 0.2) is 107 Å². The van der Waals surface area contributed by atoms with Gasteiger partial charge in [0, 0.05) is 24.3 Å². The summed E-state index contributed by atoms with van der Waals surface area (Å²) in [6.45, 7) is 0. The number of nitrogens with zero attached hydrogens (tertiary/aromatic N) is 4. The monoisotopic (exact) mass is 664 g/mol. The van der Waals surface area contributed by atoms with Crippen LogP contribution in [0.2, 0.25) is 0 Å². The number of halogens is 2. The first-order valence-electron chi connectivity index (χ1n) is 13.7. The molecule has 2 heterocycles. The topological polar surface area (TPSA) is 148 Å². The molecule has 0 spiro atoms. The second-order valence-electron chi connectivity index (χ2n) is 9.92. The van der Waals surface area contributed by atoms with Gasteiger partial charge in [0.25, 0.3) is 23.2 Å². The summed E-state index contributed by atoms with van der Waals surface area (Å²) in [6, 6.07) is 27.9. The van der Waals surface area contributed by atoms with Crippen molar-refractivity contribution in [2.75, 3.05) is 14.2 Å². The Morgan fingerprint density at radius 1 is 0.630 bits per heavy atom. The number of fused-ring (bicyclic) bond motifs is 2. The number of hydrogen-bond donors (Lipinski definition) is 0. The summed E-state index contributed by atoms with van der Waals surface area (Å²) in [5.74, 6) is 0.355. The van der Waals surface area contributed by atoms with Crippen LogP contribution in [0.1, 0.15) is 56.3 Å². The molecule has 0 aliphatic carbocycles. The molecule has 0 saturated carbocycles. The maximum Gasteiger partial charge on any atom is 0.270 e. The lowest BCUT2D eigenvalue weighted by Gasteiger charge is -2.31. The predicted molar refractivity (Wildman–Crippen MR) is 171 cm³/mol. The molecule has 2 aliphatic heterocycles. The minimum atomic E-state index is -0.496. The quantitative estimate of drug-likeness (QED) is 0.115. The molecule has 14 heteroatoms. The maximum absolute atomic E-state index is 11.0. The number of nitro benzene ring substituents is 2. The van der Waals surface area contributed by atoms with Crippen molar-refractivity contribution in [2.45, 2.75) is 23.0 Å². The van der Waals surface area contributed by atoms with Crippen LogP contribution in [0.5, 0.6) is 0 Å². The fourth-order valence-corrected chi connectivity index (χ4v) is 5.82. The number of hydrogen-bond acceptors (Lipinski definition) is 10. The second-order valence-corrected chi connectivity index (χ2v) is 10.9. The first-order chi connectivity index (χ1) is 22.2. The molecule has 12 nitrogen and oxygen atoms in total. The van der Waals surface area contributed by atoms with E-state index in [1.807, 2.05) is 60.7 Å². The lowest BCUT2D eigenvalue weighted by molar-refractivity contribution is -0.385. The lowest BCUT2D eigenvalue weighted by Crippen LogP contribution is -2.25. The molecule has 0 radical (unpaired) electrons. The molecule has 2 aliphatic rings. The molecule has 4 atom stereocenters. The molecule has 0 unspecified atom stereocenters. The first-order valence-corrected chi connectivity index (χ1v) is 14.6. The van der Waals surface area contributed by atoms with Gasteiger partial charge in [0.05, 0.1) is 21.0 Å². The summed E-state index contributed by atoms with van der Waals surface area (Å²) in [7, 11) is 2.77. The number of oxime groups is 2. The Balaban J connectivity index is 0.000000181. The fraction of sp³-hybridized carbons (Fsp3) is 0.188. The van der Waals surface area contributed by atoms with Crippen molar-refractivity contribution in [3.63, 3.8) is 0 Å². The standard InChI is InChI=1S/2C16H13ClN2O4/c2*1-22-18-16-13-9-11(19(20)21)7-8-12(13)14(17)15(23-16)10-5-3-2-4-6-10/h2*2-9,14-15H,1H3/b2*18-16-/t2*14-,15+/m00/s1. The van der Waals surface area contributed by atoms with Crippen molar-refractivity contribution < 1.29 is 29.0 Å². The number of alkyl halides is 2. The van der Waals surface area contributed by atoms with Gasteiger partial charge in [-0.05, 0) is 44.7 Å². The van der Waals surface area contributed by atoms with Crippen molar-refractivity contribution in [3.8, 4) is 0 Å². The zero-order valence-corrected chi connectivity index (χ0v) is 25.9. The predicted octanol–water partition coefficient (Wildman–Crippen LogP) is 7.91. The highest BCUT2D eigenvalue weighted by Crippen LogP contribution is 2.45. The molecule has 0 aromatic heterocycles. The summed E-state index contributed by atoms with van der Waals surface area (Å²) in [5.41, 5.74) is 4.03. The van der Waals surface area contributed by atoms with E-state index >= 15 is 0 Å². The van der Waals surface area contributed by atoms with Crippen molar-refractivity contribution >= 4 is 46.4 Å². The number of rotatable bonds is 6. The highest BCUT2D eigenvalue weighted by atomic mass is 35.5. The Labute approximate surface area is 273 Å². The molecule has 0 amide bonds. The van der Waals surface area contributed by atoms with Crippen molar-refractivity contribution in [2.24, 2.45) is 10.3 Å². The number of benzene rings is 4. The molecule has 4 aromatic carbocycles. The summed E-state index contributed by atoms with van der Waals surface area (Å²) in [4.78, 5) is 30.6. The van der Waals surface area contributed by atoms with Gasteiger partial charge in [0.1, 0.15) is 37.2 Å². The summed E-state index contributed by atoms with van der Waals surface area (Å²) in [6.07, 6.45) is -0.915. The smallest absolute Gasteiger partial charge is 0.270 e. The van der Waals surface area contributed by atoms with Crippen LogP contribution < -0.4 is 0 Å².